The third-order valence-electron chi connectivity index (χ3n) is 2.91. The maximum Gasteiger partial charge on any atom is 0.331 e. The van der Waals surface area contributed by atoms with Crippen LogP contribution in [-0.4, -0.2) is 18.5 Å². The van der Waals surface area contributed by atoms with Crippen LogP contribution in [0.4, 0.5) is 14.5 Å². The number of ether oxygens (including phenoxy) is 1. The topological polar surface area (TPSA) is 55.4 Å². The highest BCUT2D eigenvalue weighted by Gasteiger charge is 2.09. The lowest BCUT2D eigenvalue weighted by atomic mass is 10.2. The summed E-state index contributed by atoms with van der Waals surface area (Å²) in [6, 6.07) is 7.44. The van der Waals surface area contributed by atoms with E-state index < -0.39 is 30.1 Å². The molecule has 2 rings (SSSR count). The molecule has 0 unspecified atom stereocenters. The summed E-state index contributed by atoms with van der Waals surface area (Å²) >= 11 is 11.6. The summed E-state index contributed by atoms with van der Waals surface area (Å²) in [7, 11) is 0. The van der Waals surface area contributed by atoms with Crippen LogP contribution in [0.5, 0.6) is 0 Å². The van der Waals surface area contributed by atoms with Crippen molar-refractivity contribution in [2.75, 3.05) is 11.9 Å². The Labute approximate surface area is 152 Å². The average molecular weight is 386 g/mol. The number of halogens is 4. The second-order valence-corrected chi connectivity index (χ2v) is 5.60. The van der Waals surface area contributed by atoms with Crippen molar-refractivity contribution >= 4 is 46.8 Å². The van der Waals surface area contributed by atoms with E-state index in [1.165, 1.54) is 6.08 Å². The molecule has 0 atom stereocenters. The largest absolute Gasteiger partial charge is 0.452 e. The van der Waals surface area contributed by atoms with Crippen molar-refractivity contribution in [3.8, 4) is 0 Å². The number of esters is 1. The number of anilines is 1. The van der Waals surface area contributed by atoms with Gasteiger partial charge in [0.05, 0.1) is 15.7 Å². The summed E-state index contributed by atoms with van der Waals surface area (Å²) in [5.74, 6) is -3.24. The highest BCUT2D eigenvalue weighted by Crippen LogP contribution is 2.23. The van der Waals surface area contributed by atoms with E-state index in [2.05, 4.69) is 5.32 Å². The SMILES string of the molecule is O=C(COC(=O)/C=C/c1ccc(Cl)c(Cl)c1)Nc1ccc(F)cc1F. The molecule has 25 heavy (non-hydrogen) atoms. The van der Waals surface area contributed by atoms with Gasteiger partial charge in [-0.05, 0) is 35.9 Å². The van der Waals surface area contributed by atoms with Crippen molar-refractivity contribution in [1.82, 2.24) is 0 Å². The summed E-state index contributed by atoms with van der Waals surface area (Å²) in [4.78, 5) is 23.2. The monoisotopic (exact) mass is 385 g/mol. The Hall–Kier alpha value is -2.44. The number of hydrogen-bond donors (Lipinski definition) is 1. The first-order valence-electron chi connectivity index (χ1n) is 6.90. The maximum atomic E-state index is 13.4. The quantitative estimate of drug-likeness (QED) is 0.610. The van der Waals surface area contributed by atoms with E-state index in [1.807, 2.05) is 0 Å². The second kappa shape index (κ2) is 8.60. The zero-order valence-corrected chi connectivity index (χ0v) is 14.1. The van der Waals surface area contributed by atoms with E-state index in [-0.39, 0.29) is 5.69 Å². The van der Waals surface area contributed by atoms with Gasteiger partial charge in [0.2, 0.25) is 0 Å². The molecule has 8 heteroatoms. The molecule has 130 valence electrons. The van der Waals surface area contributed by atoms with Gasteiger partial charge < -0.3 is 10.1 Å². The fourth-order valence-electron chi connectivity index (χ4n) is 1.74. The van der Waals surface area contributed by atoms with E-state index >= 15 is 0 Å². The van der Waals surface area contributed by atoms with Crippen molar-refractivity contribution in [3.63, 3.8) is 0 Å². The third-order valence-corrected chi connectivity index (χ3v) is 3.65. The highest BCUT2D eigenvalue weighted by atomic mass is 35.5. The summed E-state index contributed by atoms with van der Waals surface area (Å²) in [5, 5.41) is 2.88. The third kappa shape index (κ3) is 5.85. The number of benzene rings is 2. The van der Waals surface area contributed by atoms with Crippen LogP contribution in [0.1, 0.15) is 5.56 Å². The lowest BCUT2D eigenvalue weighted by molar-refractivity contribution is -0.142. The van der Waals surface area contributed by atoms with Crippen LogP contribution in [-0.2, 0) is 14.3 Å². The van der Waals surface area contributed by atoms with Crippen molar-refractivity contribution in [3.05, 3.63) is 69.7 Å². The van der Waals surface area contributed by atoms with Gasteiger partial charge in [-0.2, -0.15) is 0 Å². The second-order valence-electron chi connectivity index (χ2n) is 4.79. The number of hydrogen-bond acceptors (Lipinski definition) is 3. The first kappa shape index (κ1) is 18.9. The Kier molecular flexibility index (Phi) is 6.50. The molecule has 0 spiro atoms. The highest BCUT2D eigenvalue weighted by molar-refractivity contribution is 6.42. The lowest BCUT2D eigenvalue weighted by Gasteiger charge is -2.06. The first-order chi connectivity index (χ1) is 11.8. The zero-order valence-electron chi connectivity index (χ0n) is 12.6. The van der Waals surface area contributed by atoms with Gasteiger partial charge in [0.15, 0.2) is 6.61 Å². The number of carbonyl (C=O) groups excluding carboxylic acids is 2. The van der Waals surface area contributed by atoms with Crippen molar-refractivity contribution < 1.29 is 23.1 Å². The molecule has 0 aromatic heterocycles. The number of nitrogens with one attached hydrogen (secondary N) is 1. The first-order valence-corrected chi connectivity index (χ1v) is 7.65. The zero-order chi connectivity index (χ0) is 18.4. The predicted octanol–water partition coefficient (Wildman–Crippen LogP) is 4.47. The molecule has 0 aliphatic heterocycles. The number of carbonyl (C=O) groups is 2. The molecule has 0 radical (unpaired) electrons. The molecule has 4 nitrogen and oxygen atoms in total. The van der Waals surface area contributed by atoms with Crippen LogP contribution < -0.4 is 5.32 Å². The molecule has 0 saturated carbocycles. The summed E-state index contributed by atoms with van der Waals surface area (Å²) < 4.78 is 30.9. The molecular weight excluding hydrogens is 375 g/mol. The van der Waals surface area contributed by atoms with Crippen LogP contribution in [0.2, 0.25) is 10.0 Å². The molecule has 0 heterocycles. The summed E-state index contributed by atoms with van der Waals surface area (Å²) in [6.45, 7) is -0.624. The minimum absolute atomic E-state index is 0.214. The molecule has 2 aromatic rings. The number of rotatable bonds is 5. The van der Waals surface area contributed by atoms with Gasteiger partial charge >= 0.3 is 5.97 Å². The molecule has 0 fully saturated rings. The summed E-state index contributed by atoms with van der Waals surface area (Å²) in [5.41, 5.74) is 0.401. The Morgan fingerprint density at radius 1 is 1.08 bits per heavy atom. The van der Waals surface area contributed by atoms with Crippen LogP contribution in [0.15, 0.2) is 42.5 Å². The Morgan fingerprint density at radius 2 is 1.84 bits per heavy atom. The minimum atomic E-state index is -0.931. The van der Waals surface area contributed by atoms with Crippen LogP contribution in [0.25, 0.3) is 6.08 Å². The average Bonchev–Trinajstić information content (AvgIpc) is 2.56. The van der Waals surface area contributed by atoms with Crippen molar-refractivity contribution in [1.29, 1.82) is 0 Å². The standard InChI is InChI=1S/C17H11Cl2F2NO3/c18-12-4-1-10(7-13(12)19)2-6-17(24)25-9-16(23)22-15-5-3-11(20)8-14(15)21/h1-8H,9H2,(H,22,23)/b6-2+. The Balaban J connectivity index is 1.85. The van der Waals surface area contributed by atoms with Crippen LogP contribution in [0, 0.1) is 11.6 Å². The molecule has 0 aliphatic carbocycles. The van der Waals surface area contributed by atoms with Crippen molar-refractivity contribution in [2.24, 2.45) is 0 Å². The van der Waals surface area contributed by atoms with Gasteiger partial charge in [0.1, 0.15) is 11.6 Å². The van der Waals surface area contributed by atoms with E-state index in [4.69, 9.17) is 27.9 Å². The number of amides is 1. The van der Waals surface area contributed by atoms with Crippen molar-refractivity contribution in [2.45, 2.75) is 0 Å². The van der Waals surface area contributed by atoms with Gasteiger partial charge in [-0.1, -0.05) is 29.3 Å². The smallest absolute Gasteiger partial charge is 0.331 e. The van der Waals surface area contributed by atoms with Gasteiger partial charge in [0.25, 0.3) is 5.91 Å². The molecule has 0 aliphatic rings. The summed E-state index contributed by atoms with van der Waals surface area (Å²) in [6.07, 6.45) is 2.54. The molecule has 2 aromatic carbocycles. The van der Waals surface area contributed by atoms with Gasteiger partial charge in [0, 0.05) is 12.1 Å². The van der Waals surface area contributed by atoms with E-state index in [9.17, 15) is 18.4 Å². The predicted molar refractivity (Wildman–Crippen MR) is 91.4 cm³/mol. The van der Waals surface area contributed by atoms with E-state index in [0.717, 1.165) is 18.2 Å². The maximum absolute atomic E-state index is 13.4. The van der Waals surface area contributed by atoms with E-state index in [1.54, 1.807) is 18.2 Å². The molecule has 0 bridgehead atoms. The molecule has 1 amide bonds. The van der Waals surface area contributed by atoms with Crippen LogP contribution in [0.3, 0.4) is 0 Å². The molecular formula is C17H11Cl2F2NO3. The lowest BCUT2D eigenvalue weighted by Crippen LogP contribution is -2.20. The van der Waals surface area contributed by atoms with Gasteiger partial charge in [-0.25, -0.2) is 13.6 Å². The van der Waals surface area contributed by atoms with E-state index in [0.29, 0.717) is 21.7 Å². The Morgan fingerprint density at radius 3 is 2.52 bits per heavy atom. The minimum Gasteiger partial charge on any atom is -0.452 e. The molecule has 0 saturated heterocycles. The van der Waals surface area contributed by atoms with Gasteiger partial charge in [-0.15, -0.1) is 0 Å². The van der Waals surface area contributed by atoms with Crippen LogP contribution >= 0.6 is 23.2 Å². The fraction of sp³-hybridized carbons (Fsp3) is 0.0588. The fourth-order valence-corrected chi connectivity index (χ4v) is 2.05. The van der Waals surface area contributed by atoms with Gasteiger partial charge in [-0.3, -0.25) is 4.79 Å². The molecule has 1 N–H and O–H groups in total. The normalized spacial score (nSPS) is 10.7. The Bertz CT molecular complexity index is 841.